The van der Waals surface area contributed by atoms with Crippen LogP contribution < -0.4 is 5.32 Å². The number of amides is 1. The van der Waals surface area contributed by atoms with Gasteiger partial charge in [-0.1, -0.05) is 17.7 Å². The van der Waals surface area contributed by atoms with Crippen LogP contribution in [0.2, 0.25) is 5.02 Å². The second-order valence-electron chi connectivity index (χ2n) is 4.08. The van der Waals surface area contributed by atoms with Crippen molar-refractivity contribution in [2.24, 2.45) is 0 Å². The van der Waals surface area contributed by atoms with E-state index >= 15 is 0 Å². The Labute approximate surface area is 114 Å². The summed E-state index contributed by atoms with van der Waals surface area (Å²) in [5, 5.41) is 12.2. The van der Waals surface area contributed by atoms with Crippen LogP contribution in [0.5, 0.6) is 5.75 Å². The Morgan fingerprint density at radius 1 is 1.26 bits per heavy atom. The molecule has 0 heterocycles. The Balaban J connectivity index is 2.28. The van der Waals surface area contributed by atoms with Crippen LogP contribution >= 0.6 is 11.6 Å². The first kappa shape index (κ1) is 13.4. The molecule has 0 atom stereocenters. The first-order valence-corrected chi connectivity index (χ1v) is 5.91. The molecule has 0 unspecified atom stereocenters. The summed E-state index contributed by atoms with van der Waals surface area (Å²) in [4.78, 5) is 11.9. The van der Waals surface area contributed by atoms with E-state index < -0.39 is 11.7 Å². The molecule has 3 nitrogen and oxygen atoms in total. The molecule has 0 aromatic heterocycles. The van der Waals surface area contributed by atoms with Crippen molar-refractivity contribution in [3.8, 4) is 5.75 Å². The summed E-state index contributed by atoms with van der Waals surface area (Å²) in [6.07, 6.45) is 0. The predicted octanol–water partition coefficient (Wildman–Crippen LogP) is 3.75. The van der Waals surface area contributed by atoms with Crippen molar-refractivity contribution in [3.05, 3.63) is 58.4 Å². The number of phenolic OH excluding ortho intramolecular Hbond substituents is 1. The number of nitrogens with one attached hydrogen (secondary N) is 1. The van der Waals surface area contributed by atoms with Gasteiger partial charge in [-0.2, -0.15) is 0 Å². The van der Waals surface area contributed by atoms with Gasteiger partial charge in [-0.15, -0.1) is 0 Å². The maximum atomic E-state index is 13.5. The number of phenols is 1. The van der Waals surface area contributed by atoms with Crippen molar-refractivity contribution in [1.29, 1.82) is 0 Å². The number of benzene rings is 2. The molecule has 0 saturated carbocycles. The molecule has 0 aliphatic carbocycles. The van der Waals surface area contributed by atoms with E-state index in [0.717, 1.165) is 11.6 Å². The lowest BCUT2D eigenvalue weighted by Crippen LogP contribution is -2.14. The highest BCUT2D eigenvalue weighted by atomic mass is 35.5. The number of carbonyl (C=O) groups is 1. The maximum Gasteiger partial charge on any atom is 0.258 e. The van der Waals surface area contributed by atoms with Gasteiger partial charge in [-0.3, -0.25) is 4.79 Å². The van der Waals surface area contributed by atoms with Crippen LogP contribution in [0.25, 0.3) is 0 Å². The summed E-state index contributed by atoms with van der Waals surface area (Å²) in [7, 11) is 0. The van der Waals surface area contributed by atoms with E-state index in [2.05, 4.69) is 5.32 Å². The molecule has 0 radical (unpaired) electrons. The van der Waals surface area contributed by atoms with Crippen molar-refractivity contribution in [2.75, 3.05) is 5.32 Å². The molecule has 0 spiro atoms. The second-order valence-corrected chi connectivity index (χ2v) is 4.51. The molecule has 98 valence electrons. The zero-order chi connectivity index (χ0) is 14.0. The highest BCUT2D eigenvalue weighted by Gasteiger charge is 2.13. The minimum atomic E-state index is -0.780. The van der Waals surface area contributed by atoms with Gasteiger partial charge in [0, 0.05) is 16.8 Å². The van der Waals surface area contributed by atoms with Crippen molar-refractivity contribution < 1.29 is 14.3 Å². The van der Waals surface area contributed by atoms with E-state index in [0.29, 0.717) is 10.7 Å². The van der Waals surface area contributed by atoms with Gasteiger partial charge >= 0.3 is 0 Å². The molecule has 1 amide bonds. The number of carbonyl (C=O) groups excluding carboxylic acids is 1. The number of hydrogen-bond donors (Lipinski definition) is 2. The first-order valence-electron chi connectivity index (χ1n) is 5.53. The third-order valence-electron chi connectivity index (χ3n) is 2.65. The molecule has 0 fully saturated rings. The Morgan fingerprint density at radius 3 is 2.68 bits per heavy atom. The fourth-order valence-corrected chi connectivity index (χ4v) is 1.78. The minimum absolute atomic E-state index is 0.142. The van der Waals surface area contributed by atoms with E-state index in [1.807, 2.05) is 0 Å². The van der Waals surface area contributed by atoms with Gasteiger partial charge in [0.2, 0.25) is 0 Å². The molecule has 2 aromatic rings. The first-order chi connectivity index (χ1) is 8.97. The summed E-state index contributed by atoms with van der Waals surface area (Å²) in [6, 6.07) is 8.41. The molecule has 0 bridgehead atoms. The predicted molar refractivity (Wildman–Crippen MR) is 72.2 cm³/mol. The highest BCUT2D eigenvalue weighted by Crippen LogP contribution is 2.22. The SMILES string of the molecule is Cc1ccc(Cl)cc1NC(=O)c1ccc(O)cc1F. The highest BCUT2D eigenvalue weighted by molar-refractivity contribution is 6.31. The summed E-state index contributed by atoms with van der Waals surface area (Å²) in [5.41, 5.74) is 1.19. The quantitative estimate of drug-likeness (QED) is 0.880. The normalized spacial score (nSPS) is 10.3. The third-order valence-corrected chi connectivity index (χ3v) is 2.88. The topological polar surface area (TPSA) is 49.3 Å². The number of rotatable bonds is 2. The Kier molecular flexibility index (Phi) is 3.71. The van der Waals surface area contributed by atoms with Crippen molar-refractivity contribution in [1.82, 2.24) is 0 Å². The van der Waals surface area contributed by atoms with E-state index in [1.165, 1.54) is 12.1 Å². The number of anilines is 1. The molecule has 2 rings (SSSR count). The molecular formula is C14H11ClFNO2. The molecule has 0 saturated heterocycles. The van der Waals surface area contributed by atoms with E-state index in [-0.39, 0.29) is 11.3 Å². The molecular weight excluding hydrogens is 269 g/mol. The number of aromatic hydroxyl groups is 1. The molecule has 5 heteroatoms. The average Bonchev–Trinajstić information content (AvgIpc) is 2.33. The maximum absolute atomic E-state index is 13.5. The van der Waals surface area contributed by atoms with Crippen LogP contribution in [0.1, 0.15) is 15.9 Å². The lowest BCUT2D eigenvalue weighted by Gasteiger charge is -2.09. The van der Waals surface area contributed by atoms with Gasteiger partial charge in [0.05, 0.1) is 5.56 Å². The smallest absolute Gasteiger partial charge is 0.258 e. The van der Waals surface area contributed by atoms with E-state index in [9.17, 15) is 9.18 Å². The molecule has 19 heavy (non-hydrogen) atoms. The number of aryl methyl sites for hydroxylation is 1. The Hall–Kier alpha value is -2.07. The van der Waals surface area contributed by atoms with E-state index in [4.69, 9.17) is 16.7 Å². The van der Waals surface area contributed by atoms with Crippen LogP contribution in [-0.2, 0) is 0 Å². The Morgan fingerprint density at radius 2 is 2.00 bits per heavy atom. The van der Waals surface area contributed by atoms with Crippen LogP contribution in [-0.4, -0.2) is 11.0 Å². The molecule has 0 aliphatic rings. The van der Waals surface area contributed by atoms with Gasteiger partial charge in [0.15, 0.2) is 0 Å². The van der Waals surface area contributed by atoms with Gasteiger partial charge in [-0.05, 0) is 36.8 Å². The summed E-state index contributed by atoms with van der Waals surface area (Å²) in [6.45, 7) is 1.80. The van der Waals surface area contributed by atoms with Gasteiger partial charge in [0.1, 0.15) is 11.6 Å². The van der Waals surface area contributed by atoms with Crippen molar-refractivity contribution in [3.63, 3.8) is 0 Å². The Bertz CT molecular complexity index is 643. The summed E-state index contributed by atoms with van der Waals surface area (Å²) >= 11 is 5.84. The zero-order valence-corrected chi connectivity index (χ0v) is 10.8. The standard InChI is InChI=1S/C14H11ClFNO2/c1-8-2-3-9(15)6-13(8)17-14(19)11-5-4-10(18)7-12(11)16/h2-7,18H,1H3,(H,17,19). The minimum Gasteiger partial charge on any atom is -0.508 e. The van der Waals surface area contributed by atoms with Crippen LogP contribution in [0.3, 0.4) is 0 Å². The van der Waals surface area contributed by atoms with Gasteiger partial charge < -0.3 is 10.4 Å². The van der Waals surface area contributed by atoms with Crippen molar-refractivity contribution >= 4 is 23.2 Å². The fraction of sp³-hybridized carbons (Fsp3) is 0.0714. The second kappa shape index (κ2) is 5.28. The fourth-order valence-electron chi connectivity index (χ4n) is 1.61. The lowest BCUT2D eigenvalue weighted by atomic mass is 10.1. The van der Waals surface area contributed by atoms with E-state index in [1.54, 1.807) is 25.1 Å². The largest absolute Gasteiger partial charge is 0.508 e. The zero-order valence-electron chi connectivity index (χ0n) is 10.1. The molecule has 2 aromatic carbocycles. The van der Waals surface area contributed by atoms with Crippen LogP contribution in [0, 0.1) is 12.7 Å². The molecule has 0 aliphatic heterocycles. The third kappa shape index (κ3) is 3.03. The van der Waals surface area contributed by atoms with Crippen LogP contribution in [0.15, 0.2) is 36.4 Å². The van der Waals surface area contributed by atoms with Crippen LogP contribution in [0.4, 0.5) is 10.1 Å². The van der Waals surface area contributed by atoms with Gasteiger partial charge in [0.25, 0.3) is 5.91 Å². The average molecular weight is 280 g/mol. The monoisotopic (exact) mass is 279 g/mol. The molecule has 2 N–H and O–H groups in total. The lowest BCUT2D eigenvalue weighted by molar-refractivity contribution is 0.102. The summed E-state index contributed by atoms with van der Waals surface area (Å²) in [5.74, 6) is -1.60. The van der Waals surface area contributed by atoms with Crippen molar-refractivity contribution in [2.45, 2.75) is 6.92 Å². The summed E-state index contributed by atoms with van der Waals surface area (Å²) < 4.78 is 13.5. The number of hydrogen-bond acceptors (Lipinski definition) is 2. The van der Waals surface area contributed by atoms with Gasteiger partial charge in [-0.25, -0.2) is 4.39 Å². The number of halogens is 2.